The van der Waals surface area contributed by atoms with Crippen LogP contribution in [0.3, 0.4) is 0 Å². The van der Waals surface area contributed by atoms with Crippen molar-refractivity contribution in [1.29, 1.82) is 0 Å². The monoisotopic (exact) mass is 355 g/mol. The van der Waals surface area contributed by atoms with Gasteiger partial charge in [0.05, 0.1) is 6.54 Å². The number of nitrogens with zero attached hydrogens (tertiary/aromatic N) is 1. The maximum Gasteiger partial charge on any atom is 0.260 e. The lowest BCUT2D eigenvalue weighted by atomic mass is 10.1. The second-order valence-electron chi connectivity index (χ2n) is 6.14. The highest BCUT2D eigenvalue weighted by Crippen LogP contribution is 2.30. The van der Waals surface area contributed by atoms with Crippen LogP contribution in [-0.2, 0) is 4.79 Å². The molecule has 0 saturated carbocycles. The smallest absolute Gasteiger partial charge is 0.260 e. The van der Waals surface area contributed by atoms with Crippen molar-refractivity contribution in [2.75, 3.05) is 26.8 Å². The summed E-state index contributed by atoms with van der Waals surface area (Å²) in [7, 11) is 1.70. The van der Waals surface area contributed by atoms with Crippen LogP contribution < -0.4 is 14.2 Å². The van der Waals surface area contributed by atoms with Gasteiger partial charge in [-0.15, -0.1) is 0 Å². The Bertz CT molecular complexity index is 787. The van der Waals surface area contributed by atoms with Gasteiger partial charge in [0.2, 0.25) is 0 Å². The van der Waals surface area contributed by atoms with Crippen LogP contribution in [0.1, 0.15) is 17.3 Å². The minimum Gasteiger partial charge on any atom is -0.486 e. The first-order valence-electron chi connectivity index (χ1n) is 8.39. The Kier molecular flexibility index (Phi) is 5.41. The summed E-state index contributed by atoms with van der Waals surface area (Å²) in [6, 6.07) is 14.2. The van der Waals surface area contributed by atoms with E-state index >= 15 is 0 Å². The van der Waals surface area contributed by atoms with Crippen LogP contribution in [0, 0.1) is 0 Å². The fourth-order valence-corrected chi connectivity index (χ4v) is 2.60. The van der Waals surface area contributed by atoms with Crippen LogP contribution in [0.5, 0.6) is 17.2 Å². The number of benzene rings is 2. The third-order valence-corrected chi connectivity index (χ3v) is 4.09. The molecular formula is C20H21NO5. The van der Waals surface area contributed by atoms with Crippen molar-refractivity contribution in [2.45, 2.75) is 13.0 Å². The highest BCUT2D eigenvalue weighted by molar-refractivity contribution is 5.94. The molecule has 3 rings (SSSR count). The average molecular weight is 355 g/mol. The van der Waals surface area contributed by atoms with Crippen LogP contribution in [-0.4, -0.2) is 49.5 Å². The predicted molar refractivity (Wildman–Crippen MR) is 95.9 cm³/mol. The zero-order valence-electron chi connectivity index (χ0n) is 14.8. The number of hydrogen-bond donors (Lipinski definition) is 0. The SMILES string of the molecule is CC(=O)c1ccc(OCC(=O)N(C)C[C@H]2COc3ccccc3O2)cc1. The molecule has 1 heterocycles. The van der Waals surface area contributed by atoms with Gasteiger partial charge in [-0.3, -0.25) is 9.59 Å². The number of fused-ring (bicyclic) bond motifs is 1. The van der Waals surface area contributed by atoms with Gasteiger partial charge in [-0.2, -0.15) is 0 Å². The van der Waals surface area contributed by atoms with E-state index in [9.17, 15) is 9.59 Å². The molecule has 1 atom stereocenters. The fraction of sp³-hybridized carbons (Fsp3) is 0.300. The molecule has 6 nitrogen and oxygen atoms in total. The van der Waals surface area contributed by atoms with Gasteiger partial charge < -0.3 is 19.1 Å². The highest BCUT2D eigenvalue weighted by Gasteiger charge is 2.23. The van der Waals surface area contributed by atoms with Gasteiger partial charge in [0.15, 0.2) is 30.0 Å². The number of amides is 1. The molecule has 6 heteroatoms. The lowest BCUT2D eigenvalue weighted by Crippen LogP contribution is -2.43. The molecule has 1 aliphatic heterocycles. The number of para-hydroxylation sites is 2. The summed E-state index contributed by atoms with van der Waals surface area (Å²) in [5.41, 5.74) is 0.607. The number of Topliss-reactive ketones (excluding diaryl/α,β-unsaturated/α-hetero) is 1. The average Bonchev–Trinajstić information content (AvgIpc) is 2.66. The van der Waals surface area contributed by atoms with Crippen LogP contribution in [0.25, 0.3) is 0 Å². The molecule has 0 unspecified atom stereocenters. The van der Waals surface area contributed by atoms with E-state index in [2.05, 4.69) is 0 Å². The molecule has 136 valence electrons. The van der Waals surface area contributed by atoms with Crippen molar-refractivity contribution in [3.8, 4) is 17.2 Å². The summed E-state index contributed by atoms with van der Waals surface area (Å²) < 4.78 is 17.0. The highest BCUT2D eigenvalue weighted by atomic mass is 16.6. The first-order chi connectivity index (χ1) is 12.5. The van der Waals surface area contributed by atoms with Crippen LogP contribution in [0.2, 0.25) is 0 Å². The lowest BCUT2D eigenvalue weighted by Gasteiger charge is -2.29. The molecule has 2 aromatic rings. The van der Waals surface area contributed by atoms with E-state index in [4.69, 9.17) is 14.2 Å². The van der Waals surface area contributed by atoms with E-state index in [1.54, 1.807) is 36.2 Å². The zero-order valence-corrected chi connectivity index (χ0v) is 14.8. The van der Waals surface area contributed by atoms with E-state index in [0.29, 0.717) is 30.2 Å². The van der Waals surface area contributed by atoms with Crippen molar-refractivity contribution in [1.82, 2.24) is 4.90 Å². The Hall–Kier alpha value is -3.02. The molecule has 0 bridgehead atoms. The number of rotatable bonds is 6. The molecule has 0 aliphatic carbocycles. The second kappa shape index (κ2) is 7.91. The number of carbonyl (C=O) groups is 2. The number of likely N-dealkylation sites (N-methyl/N-ethyl adjacent to an activating group) is 1. The standard InChI is InChI=1S/C20H21NO5/c1-14(22)15-7-9-16(10-8-15)24-13-20(23)21(2)11-17-12-25-18-5-3-4-6-19(18)26-17/h3-10,17H,11-13H2,1-2H3/t17-/m0/s1. The van der Waals surface area contributed by atoms with E-state index in [1.165, 1.54) is 6.92 Å². The molecule has 0 radical (unpaired) electrons. The van der Waals surface area contributed by atoms with Crippen molar-refractivity contribution in [2.24, 2.45) is 0 Å². The zero-order chi connectivity index (χ0) is 18.5. The minimum absolute atomic E-state index is 0.0105. The summed E-state index contributed by atoms with van der Waals surface area (Å²) >= 11 is 0. The number of ether oxygens (including phenoxy) is 3. The van der Waals surface area contributed by atoms with Gasteiger partial charge in [-0.25, -0.2) is 0 Å². The predicted octanol–water partition coefficient (Wildman–Crippen LogP) is 2.57. The second-order valence-corrected chi connectivity index (χ2v) is 6.14. The van der Waals surface area contributed by atoms with Gasteiger partial charge in [0, 0.05) is 12.6 Å². The van der Waals surface area contributed by atoms with Crippen LogP contribution >= 0.6 is 0 Å². The largest absolute Gasteiger partial charge is 0.486 e. The van der Waals surface area contributed by atoms with Gasteiger partial charge >= 0.3 is 0 Å². The molecule has 1 amide bonds. The van der Waals surface area contributed by atoms with Crippen molar-refractivity contribution >= 4 is 11.7 Å². The number of ketones is 1. The van der Waals surface area contributed by atoms with Gasteiger partial charge in [0.25, 0.3) is 5.91 Å². The molecule has 26 heavy (non-hydrogen) atoms. The summed E-state index contributed by atoms with van der Waals surface area (Å²) in [5.74, 6) is 1.77. The Morgan fingerprint density at radius 1 is 1.12 bits per heavy atom. The third-order valence-electron chi connectivity index (χ3n) is 4.09. The summed E-state index contributed by atoms with van der Waals surface area (Å²) in [4.78, 5) is 25.1. The molecular weight excluding hydrogens is 334 g/mol. The summed E-state index contributed by atoms with van der Waals surface area (Å²) in [5, 5.41) is 0. The van der Waals surface area contributed by atoms with Gasteiger partial charge in [-0.05, 0) is 43.3 Å². The van der Waals surface area contributed by atoms with Crippen molar-refractivity contribution in [3.05, 3.63) is 54.1 Å². The van der Waals surface area contributed by atoms with E-state index in [0.717, 1.165) is 5.75 Å². The van der Waals surface area contributed by atoms with Gasteiger partial charge in [0.1, 0.15) is 12.4 Å². The van der Waals surface area contributed by atoms with E-state index < -0.39 is 0 Å². The number of carbonyl (C=O) groups excluding carboxylic acids is 2. The third kappa shape index (κ3) is 4.33. The molecule has 0 spiro atoms. The van der Waals surface area contributed by atoms with E-state index in [1.807, 2.05) is 24.3 Å². The Labute approximate surface area is 152 Å². The molecule has 1 aliphatic rings. The lowest BCUT2D eigenvalue weighted by molar-refractivity contribution is -0.133. The maximum atomic E-state index is 12.3. The minimum atomic E-state index is -0.228. The molecule has 0 saturated heterocycles. The Balaban J connectivity index is 1.48. The normalized spacial score (nSPS) is 15.2. The number of hydrogen-bond acceptors (Lipinski definition) is 5. The molecule has 0 aromatic heterocycles. The van der Waals surface area contributed by atoms with E-state index in [-0.39, 0.29) is 24.4 Å². The summed E-state index contributed by atoms with van der Waals surface area (Å²) in [6.07, 6.45) is -0.228. The van der Waals surface area contributed by atoms with Crippen molar-refractivity contribution < 1.29 is 23.8 Å². The first kappa shape index (κ1) is 17.8. The Morgan fingerprint density at radius 3 is 2.50 bits per heavy atom. The maximum absolute atomic E-state index is 12.3. The molecule has 0 N–H and O–H groups in total. The topological polar surface area (TPSA) is 65.1 Å². The summed E-state index contributed by atoms with van der Waals surface area (Å²) in [6.45, 7) is 2.21. The first-order valence-corrected chi connectivity index (χ1v) is 8.39. The Morgan fingerprint density at radius 2 is 1.81 bits per heavy atom. The van der Waals surface area contributed by atoms with Gasteiger partial charge in [-0.1, -0.05) is 12.1 Å². The molecule has 0 fully saturated rings. The quantitative estimate of drug-likeness (QED) is 0.745. The molecule has 2 aromatic carbocycles. The fourth-order valence-electron chi connectivity index (χ4n) is 2.60. The van der Waals surface area contributed by atoms with Crippen LogP contribution in [0.4, 0.5) is 0 Å². The van der Waals surface area contributed by atoms with Crippen molar-refractivity contribution in [3.63, 3.8) is 0 Å². The van der Waals surface area contributed by atoms with Crippen LogP contribution in [0.15, 0.2) is 48.5 Å².